The first-order valence-electron chi connectivity index (χ1n) is 9.36. The van der Waals surface area contributed by atoms with E-state index >= 15 is 0 Å². The summed E-state index contributed by atoms with van der Waals surface area (Å²) in [5.41, 5.74) is 7.14. The molecule has 5 nitrogen and oxygen atoms in total. The summed E-state index contributed by atoms with van der Waals surface area (Å²) in [6.45, 7) is 4.07. The highest BCUT2D eigenvalue weighted by Crippen LogP contribution is 2.32. The highest BCUT2D eigenvalue weighted by Gasteiger charge is 2.19. The van der Waals surface area contributed by atoms with Gasteiger partial charge < -0.3 is 10.2 Å². The Balaban J connectivity index is 2.16. The van der Waals surface area contributed by atoms with Gasteiger partial charge in [-0.1, -0.05) is 17.7 Å². The van der Waals surface area contributed by atoms with Crippen LogP contribution < -0.4 is 5.32 Å². The maximum atomic E-state index is 11.9. The van der Waals surface area contributed by atoms with E-state index in [2.05, 4.69) is 22.4 Å². The normalized spacial score (nSPS) is 13.4. The number of aromatic nitrogens is 1. The minimum Gasteiger partial charge on any atom is -0.326 e. The molecule has 0 saturated carbocycles. The third-order valence-electron chi connectivity index (χ3n) is 4.59. The van der Waals surface area contributed by atoms with E-state index in [1.54, 1.807) is 13.2 Å². The van der Waals surface area contributed by atoms with Crippen molar-refractivity contribution >= 4 is 23.6 Å². The number of nitrogens with one attached hydrogen (secondary N) is 1. The van der Waals surface area contributed by atoms with Gasteiger partial charge in [-0.2, -0.15) is 0 Å². The molecule has 1 aromatic heterocycles. The van der Waals surface area contributed by atoms with Crippen molar-refractivity contribution in [2.75, 3.05) is 12.4 Å². The summed E-state index contributed by atoms with van der Waals surface area (Å²) in [5, 5.41) is 2.98. The third kappa shape index (κ3) is 4.74. The van der Waals surface area contributed by atoms with Crippen molar-refractivity contribution in [1.82, 2.24) is 9.88 Å². The second kappa shape index (κ2) is 8.65. The van der Waals surface area contributed by atoms with Crippen LogP contribution in [0.25, 0.3) is 5.57 Å². The zero-order valence-electron chi connectivity index (χ0n) is 16.5. The molecule has 2 amide bonds. The van der Waals surface area contributed by atoms with Gasteiger partial charge in [-0.25, -0.2) is 0 Å². The van der Waals surface area contributed by atoms with Crippen LogP contribution in [-0.2, 0) is 22.4 Å². The molecule has 1 aliphatic rings. The summed E-state index contributed by atoms with van der Waals surface area (Å²) in [6, 6.07) is 10.0. The largest absolute Gasteiger partial charge is 0.326 e. The lowest BCUT2D eigenvalue weighted by Crippen LogP contribution is -2.19. The van der Waals surface area contributed by atoms with Gasteiger partial charge in [0.25, 0.3) is 0 Å². The number of pyridine rings is 1. The lowest BCUT2D eigenvalue weighted by atomic mass is 9.90. The quantitative estimate of drug-likeness (QED) is 0.614. The summed E-state index contributed by atoms with van der Waals surface area (Å²) < 4.78 is 0. The van der Waals surface area contributed by atoms with E-state index in [-0.39, 0.29) is 5.91 Å². The van der Waals surface area contributed by atoms with Gasteiger partial charge in [0.1, 0.15) is 0 Å². The number of carbonyl (C=O) groups is 2. The van der Waals surface area contributed by atoms with Crippen LogP contribution in [0.4, 0.5) is 5.69 Å². The molecular formula is C23H25N3O2. The first kappa shape index (κ1) is 19.5. The second-order valence-electron chi connectivity index (χ2n) is 7.29. The molecule has 144 valence electrons. The predicted octanol–water partition coefficient (Wildman–Crippen LogP) is 3.95. The van der Waals surface area contributed by atoms with Crippen LogP contribution in [-0.4, -0.2) is 29.2 Å². The molecule has 0 unspecified atom stereocenters. The van der Waals surface area contributed by atoms with E-state index in [4.69, 9.17) is 0 Å². The van der Waals surface area contributed by atoms with E-state index in [0.29, 0.717) is 19.3 Å². The van der Waals surface area contributed by atoms with Gasteiger partial charge >= 0.3 is 0 Å². The Bertz CT molecular complexity index is 942. The molecule has 0 atom stereocenters. The van der Waals surface area contributed by atoms with E-state index in [1.165, 1.54) is 4.90 Å². The molecule has 0 saturated heterocycles. The first-order valence-corrected chi connectivity index (χ1v) is 9.36. The van der Waals surface area contributed by atoms with Crippen LogP contribution >= 0.6 is 0 Å². The van der Waals surface area contributed by atoms with Crippen molar-refractivity contribution in [3.63, 3.8) is 0 Å². The third-order valence-corrected chi connectivity index (χ3v) is 4.59. The summed E-state index contributed by atoms with van der Waals surface area (Å²) >= 11 is 0. The van der Waals surface area contributed by atoms with E-state index in [9.17, 15) is 9.59 Å². The topological polar surface area (TPSA) is 62.3 Å². The number of amides is 2. The molecule has 1 N–H and O–H groups in total. The molecule has 5 heteroatoms. The standard InChI is InChI=1S/C23H25N3O2/c1-16(2)10-19(14-26(3)15-27)21-12-17-7-8-23(28)25-22(17)13-18(21)11-20-6-4-5-9-24-20/h4-6,9-10,12-15H,7-8,11H2,1-3H3,(H,25,28)/b19-14+. The molecule has 1 aromatic carbocycles. The lowest BCUT2D eigenvalue weighted by Gasteiger charge is -2.22. The van der Waals surface area contributed by atoms with Crippen LogP contribution in [0.2, 0.25) is 0 Å². The van der Waals surface area contributed by atoms with Gasteiger partial charge in [-0.05, 0) is 66.8 Å². The Labute approximate surface area is 165 Å². The number of benzene rings is 1. The van der Waals surface area contributed by atoms with Gasteiger partial charge in [0.2, 0.25) is 12.3 Å². The van der Waals surface area contributed by atoms with Crippen molar-refractivity contribution < 1.29 is 9.59 Å². The average molecular weight is 375 g/mol. The molecule has 3 rings (SSSR count). The van der Waals surface area contributed by atoms with Gasteiger partial charge in [0.05, 0.1) is 0 Å². The molecule has 0 spiro atoms. The molecule has 0 fully saturated rings. The van der Waals surface area contributed by atoms with Crippen LogP contribution in [0.1, 0.15) is 42.7 Å². The number of allylic oxidation sites excluding steroid dienone is 3. The minimum absolute atomic E-state index is 0.0461. The molecule has 0 radical (unpaired) electrons. The predicted molar refractivity (Wildman–Crippen MR) is 112 cm³/mol. The molecular weight excluding hydrogens is 350 g/mol. The maximum Gasteiger partial charge on any atom is 0.224 e. The molecule has 0 bridgehead atoms. The maximum absolute atomic E-state index is 11.9. The monoisotopic (exact) mass is 375 g/mol. The van der Waals surface area contributed by atoms with Crippen LogP contribution in [0, 0.1) is 0 Å². The number of nitrogens with zero attached hydrogens (tertiary/aromatic N) is 2. The SMILES string of the molecule is CC(C)=C/C(=C\N(C)C=O)c1cc2c(cc1Cc1ccccn1)NC(=O)CC2. The van der Waals surface area contributed by atoms with Crippen molar-refractivity contribution in [2.45, 2.75) is 33.1 Å². The van der Waals surface area contributed by atoms with Crippen molar-refractivity contribution in [2.24, 2.45) is 0 Å². The zero-order valence-corrected chi connectivity index (χ0v) is 16.5. The van der Waals surface area contributed by atoms with Crippen molar-refractivity contribution in [1.29, 1.82) is 0 Å². The number of fused-ring (bicyclic) bond motifs is 1. The second-order valence-corrected chi connectivity index (χ2v) is 7.29. The van der Waals surface area contributed by atoms with E-state index < -0.39 is 0 Å². The fourth-order valence-corrected chi connectivity index (χ4v) is 3.33. The highest BCUT2D eigenvalue weighted by molar-refractivity contribution is 5.95. The lowest BCUT2D eigenvalue weighted by molar-refractivity contribution is -0.116. The smallest absolute Gasteiger partial charge is 0.224 e. The van der Waals surface area contributed by atoms with Crippen LogP contribution in [0.15, 0.2) is 54.4 Å². The van der Waals surface area contributed by atoms with Gasteiger partial charge in [-0.15, -0.1) is 0 Å². The van der Waals surface area contributed by atoms with Crippen LogP contribution in [0.5, 0.6) is 0 Å². The van der Waals surface area contributed by atoms with Crippen LogP contribution in [0.3, 0.4) is 0 Å². The Morgan fingerprint density at radius 1 is 1.25 bits per heavy atom. The van der Waals surface area contributed by atoms with Gasteiger partial charge in [0.15, 0.2) is 0 Å². The number of hydrogen-bond acceptors (Lipinski definition) is 3. The van der Waals surface area contributed by atoms with Gasteiger partial charge in [0, 0.05) is 43.7 Å². The fourth-order valence-electron chi connectivity index (χ4n) is 3.33. The molecule has 2 aromatic rings. The molecule has 28 heavy (non-hydrogen) atoms. The van der Waals surface area contributed by atoms with E-state index in [0.717, 1.165) is 45.6 Å². The number of carbonyl (C=O) groups excluding carboxylic acids is 2. The molecule has 2 heterocycles. The highest BCUT2D eigenvalue weighted by atomic mass is 16.1. The average Bonchev–Trinajstić information content (AvgIpc) is 2.67. The van der Waals surface area contributed by atoms with E-state index in [1.807, 2.05) is 44.3 Å². The summed E-state index contributed by atoms with van der Waals surface area (Å²) in [6.07, 6.45) is 8.32. The first-order chi connectivity index (χ1) is 13.5. The fraction of sp³-hybridized carbons (Fsp3) is 0.261. The summed E-state index contributed by atoms with van der Waals surface area (Å²) in [4.78, 5) is 29.0. The van der Waals surface area contributed by atoms with Crippen molar-refractivity contribution in [3.8, 4) is 0 Å². The summed E-state index contributed by atoms with van der Waals surface area (Å²) in [5.74, 6) is 0.0461. The molecule has 0 aliphatic carbocycles. The summed E-state index contributed by atoms with van der Waals surface area (Å²) in [7, 11) is 1.73. The Kier molecular flexibility index (Phi) is 6.04. The Morgan fingerprint density at radius 3 is 2.75 bits per heavy atom. The Hall–Kier alpha value is -3.21. The molecule has 1 aliphatic heterocycles. The van der Waals surface area contributed by atoms with Gasteiger partial charge in [-0.3, -0.25) is 14.6 Å². The number of aryl methyl sites for hydroxylation is 1. The zero-order chi connectivity index (χ0) is 20.1. The van der Waals surface area contributed by atoms with Crippen molar-refractivity contribution in [3.05, 3.63) is 76.8 Å². The minimum atomic E-state index is 0.0461. The Morgan fingerprint density at radius 2 is 2.07 bits per heavy atom. The number of rotatable bonds is 6. The number of anilines is 1. The number of hydrogen-bond donors (Lipinski definition) is 1.